The van der Waals surface area contributed by atoms with Crippen LogP contribution in [0.15, 0.2) is 12.2 Å². The normalized spacial score (nSPS) is 12.2. The molecule has 0 aliphatic carbocycles. The SMILES string of the molecule is C=C(C)C(=O)OCCOC(O)NC. The van der Waals surface area contributed by atoms with Gasteiger partial charge in [0.25, 0.3) is 0 Å². The van der Waals surface area contributed by atoms with Crippen molar-refractivity contribution in [2.45, 2.75) is 13.3 Å². The Kier molecular flexibility index (Phi) is 6.13. The van der Waals surface area contributed by atoms with Gasteiger partial charge in [0.1, 0.15) is 6.61 Å². The standard InChI is InChI=1S/C8H15NO4/c1-6(2)7(10)12-4-5-13-8(11)9-3/h8-9,11H,1,4-5H2,2-3H3. The van der Waals surface area contributed by atoms with Crippen LogP contribution in [-0.4, -0.2) is 37.8 Å². The molecule has 0 heterocycles. The molecule has 76 valence electrons. The average molecular weight is 189 g/mol. The lowest BCUT2D eigenvalue weighted by molar-refractivity contribution is -0.150. The predicted molar refractivity (Wildman–Crippen MR) is 46.8 cm³/mol. The minimum atomic E-state index is -1.02. The summed E-state index contributed by atoms with van der Waals surface area (Å²) in [7, 11) is 1.55. The minimum Gasteiger partial charge on any atom is -0.460 e. The van der Waals surface area contributed by atoms with Crippen LogP contribution in [0.5, 0.6) is 0 Å². The fourth-order valence-corrected chi connectivity index (χ4v) is 0.501. The monoisotopic (exact) mass is 189 g/mol. The maximum atomic E-state index is 10.8. The molecular weight excluding hydrogens is 174 g/mol. The highest BCUT2D eigenvalue weighted by atomic mass is 16.6. The Morgan fingerprint density at radius 2 is 2.23 bits per heavy atom. The van der Waals surface area contributed by atoms with Crippen LogP contribution < -0.4 is 5.32 Å². The number of aliphatic hydroxyl groups is 1. The summed E-state index contributed by atoms with van der Waals surface area (Å²) in [6.07, 6.45) is -1.02. The van der Waals surface area contributed by atoms with Crippen molar-refractivity contribution in [3.05, 3.63) is 12.2 Å². The van der Waals surface area contributed by atoms with Crippen LogP contribution in [0, 0.1) is 0 Å². The Morgan fingerprint density at radius 3 is 2.69 bits per heavy atom. The number of nitrogens with one attached hydrogen (secondary N) is 1. The fourth-order valence-electron chi connectivity index (χ4n) is 0.501. The first kappa shape index (κ1) is 12.1. The van der Waals surface area contributed by atoms with Crippen molar-refractivity contribution < 1.29 is 19.4 Å². The lowest BCUT2D eigenvalue weighted by Gasteiger charge is -2.10. The molecule has 0 rings (SSSR count). The van der Waals surface area contributed by atoms with Crippen LogP contribution in [-0.2, 0) is 14.3 Å². The van der Waals surface area contributed by atoms with E-state index < -0.39 is 12.4 Å². The molecule has 0 aromatic heterocycles. The number of esters is 1. The van der Waals surface area contributed by atoms with Gasteiger partial charge in [-0.2, -0.15) is 0 Å². The predicted octanol–water partition coefficient (Wildman–Crippen LogP) is -0.382. The molecule has 0 aromatic carbocycles. The number of aliphatic hydroxyl groups excluding tert-OH is 1. The number of hydrogen-bond donors (Lipinski definition) is 2. The first-order valence-electron chi connectivity index (χ1n) is 3.87. The van der Waals surface area contributed by atoms with Gasteiger partial charge in [0.2, 0.25) is 6.41 Å². The third kappa shape index (κ3) is 6.27. The van der Waals surface area contributed by atoms with E-state index in [0.717, 1.165) is 0 Å². The van der Waals surface area contributed by atoms with Gasteiger partial charge in [0.15, 0.2) is 0 Å². The van der Waals surface area contributed by atoms with Crippen LogP contribution in [0.4, 0.5) is 0 Å². The number of ether oxygens (including phenoxy) is 2. The Morgan fingerprint density at radius 1 is 1.62 bits per heavy atom. The zero-order chi connectivity index (χ0) is 10.3. The summed E-state index contributed by atoms with van der Waals surface area (Å²) in [5.41, 5.74) is 0.342. The first-order valence-corrected chi connectivity index (χ1v) is 3.87. The highest BCUT2D eigenvalue weighted by molar-refractivity contribution is 5.86. The second kappa shape index (κ2) is 6.59. The lowest BCUT2D eigenvalue weighted by atomic mass is 10.4. The molecule has 5 heteroatoms. The number of carbonyl (C=O) groups is 1. The van der Waals surface area contributed by atoms with Crippen LogP contribution >= 0.6 is 0 Å². The van der Waals surface area contributed by atoms with E-state index in [1.807, 2.05) is 0 Å². The molecule has 0 spiro atoms. The smallest absolute Gasteiger partial charge is 0.333 e. The minimum absolute atomic E-state index is 0.102. The van der Waals surface area contributed by atoms with Gasteiger partial charge in [0, 0.05) is 5.57 Å². The Hall–Kier alpha value is -0.910. The number of rotatable bonds is 6. The maximum Gasteiger partial charge on any atom is 0.333 e. The van der Waals surface area contributed by atoms with Crippen LogP contribution in [0.3, 0.4) is 0 Å². The van der Waals surface area contributed by atoms with Crippen molar-refractivity contribution in [2.75, 3.05) is 20.3 Å². The molecule has 0 aliphatic heterocycles. The van der Waals surface area contributed by atoms with Gasteiger partial charge in [-0.15, -0.1) is 0 Å². The van der Waals surface area contributed by atoms with Crippen LogP contribution in [0.2, 0.25) is 0 Å². The van der Waals surface area contributed by atoms with E-state index in [9.17, 15) is 4.79 Å². The third-order valence-electron chi connectivity index (χ3n) is 1.19. The van der Waals surface area contributed by atoms with E-state index >= 15 is 0 Å². The fraction of sp³-hybridized carbons (Fsp3) is 0.625. The number of carbonyl (C=O) groups excluding carboxylic acids is 1. The van der Waals surface area contributed by atoms with Gasteiger partial charge in [-0.25, -0.2) is 4.79 Å². The largest absolute Gasteiger partial charge is 0.460 e. The molecule has 0 fully saturated rings. The summed E-state index contributed by atoms with van der Waals surface area (Å²) in [4.78, 5) is 10.8. The van der Waals surface area contributed by atoms with E-state index in [0.29, 0.717) is 5.57 Å². The van der Waals surface area contributed by atoms with Gasteiger partial charge in [-0.3, -0.25) is 5.32 Å². The quantitative estimate of drug-likeness (QED) is 0.258. The lowest BCUT2D eigenvalue weighted by Crippen LogP contribution is -2.29. The van der Waals surface area contributed by atoms with E-state index in [-0.39, 0.29) is 13.2 Å². The molecule has 5 nitrogen and oxygen atoms in total. The zero-order valence-corrected chi connectivity index (χ0v) is 7.87. The third-order valence-corrected chi connectivity index (χ3v) is 1.19. The maximum absolute atomic E-state index is 10.8. The second-order valence-electron chi connectivity index (χ2n) is 2.43. The summed E-state index contributed by atoms with van der Waals surface area (Å²) in [5.74, 6) is -0.456. The highest BCUT2D eigenvalue weighted by Gasteiger charge is 2.03. The molecule has 13 heavy (non-hydrogen) atoms. The van der Waals surface area contributed by atoms with Crippen molar-refractivity contribution in [1.82, 2.24) is 5.32 Å². The van der Waals surface area contributed by atoms with Crippen molar-refractivity contribution in [1.29, 1.82) is 0 Å². The van der Waals surface area contributed by atoms with E-state index in [4.69, 9.17) is 14.6 Å². The summed E-state index contributed by atoms with van der Waals surface area (Å²) in [5, 5.41) is 11.3. The summed E-state index contributed by atoms with van der Waals surface area (Å²) in [6, 6.07) is 0. The van der Waals surface area contributed by atoms with Gasteiger partial charge >= 0.3 is 5.97 Å². The molecule has 0 aliphatic rings. The van der Waals surface area contributed by atoms with Crippen molar-refractivity contribution in [2.24, 2.45) is 0 Å². The van der Waals surface area contributed by atoms with E-state index in [1.54, 1.807) is 14.0 Å². The Labute approximate surface area is 77.3 Å². The molecule has 0 aromatic rings. The van der Waals surface area contributed by atoms with Crippen molar-refractivity contribution in [3.63, 3.8) is 0 Å². The van der Waals surface area contributed by atoms with Crippen LogP contribution in [0.1, 0.15) is 6.92 Å². The molecule has 0 radical (unpaired) electrons. The van der Waals surface area contributed by atoms with E-state index in [1.165, 1.54) is 0 Å². The van der Waals surface area contributed by atoms with Gasteiger partial charge in [0.05, 0.1) is 6.61 Å². The van der Waals surface area contributed by atoms with Crippen molar-refractivity contribution in [3.8, 4) is 0 Å². The van der Waals surface area contributed by atoms with Gasteiger partial charge < -0.3 is 14.6 Å². The molecule has 0 bridgehead atoms. The molecule has 0 saturated carbocycles. The molecule has 2 N–H and O–H groups in total. The van der Waals surface area contributed by atoms with Gasteiger partial charge in [-0.05, 0) is 14.0 Å². The Bertz CT molecular complexity index is 181. The molecule has 1 atom stereocenters. The van der Waals surface area contributed by atoms with Crippen molar-refractivity contribution >= 4 is 5.97 Å². The van der Waals surface area contributed by atoms with Gasteiger partial charge in [-0.1, -0.05) is 6.58 Å². The summed E-state index contributed by atoms with van der Waals surface area (Å²) >= 11 is 0. The molecule has 0 saturated heterocycles. The Balaban J connectivity index is 3.36. The average Bonchev–Trinajstić information content (AvgIpc) is 2.11. The number of hydrogen-bond acceptors (Lipinski definition) is 5. The topological polar surface area (TPSA) is 67.8 Å². The molecule has 1 unspecified atom stereocenters. The molecule has 0 amide bonds. The summed E-state index contributed by atoms with van der Waals surface area (Å²) < 4.78 is 9.45. The van der Waals surface area contributed by atoms with E-state index in [2.05, 4.69) is 11.9 Å². The second-order valence-corrected chi connectivity index (χ2v) is 2.43. The first-order chi connectivity index (χ1) is 6.07. The highest BCUT2D eigenvalue weighted by Crippen LogP contribution is 1.91. The zero-order valence-electron chi connectivity index (χ0n) is 7.87. The molecular formula is C8H15NO4. The summed E-state index contributed by atoms with van der Waals surface area (Å²) in [6.45, 7) is 5.21. The van der Waals surface area contributed by atoms with Crippen LogP contribution in [0.25, 0.3) is 0 Å².